The van der Waals surface area contributed by atoms with Crippen LogP contribution in [0.15, 0.2) is 92.1 Å². The molecule has 0 atom stereocenters. The molecule has 0 saturated heterocycles. The Balaban J connectivity index is 1.53. The molecule has 0 aliphatic carbocycles. The maximum Gasteiger partial charge on any atom is 0.296 e. The van der Waals surface area contributed by atoms with E-state index in [1.54, 1.807) is 36.4 Å². The van der Waals surface area contributed by atoms with Gasteiger partial charge < -0.3 is 25.0 Å². The summed E-state index contributed by atoms with van der Waals surface area (Å²) in [5.41, 5.74) is 1.90. The minimum Gasteiger partial charge on any atom is -0.493 e. The zero-order valence-electron chi connectivity index (χ0n) is 32.5. The van der Waals surface area contributed by atoms with Gasteiger partial charge in [0.25, 0.3) is 20.2 Å². The Morgan fingerprint density at radius 3 is 1.73 bits per heavy atom. The standard InChI is InChI=1S/C38H38Cl4N8O10S2/c1-2-10-59-33-18-31(49-47-25-6-4-24(39)5-7-25)29(41)13-22(33)15-36-44-37(46-38(45-36)43-27(20-51)21-52)16-23-14-30(42)32(19-34(23)60-11-3-12-61(53,54)55)50-48-26-8-9-28(40)35(17-26)62(56,57)58/h4-9,13-14,17-19,27,51-52H,2-3,10-12,15-16,20-21H2,1H3,(H,53,54,55)(H,56,57,58)(H,43,44,45,46). The van der Waals surface area contributed by atoms with E-state index < -0.39 is 50.1 Å². The number of aliphatic hydroxyl groups excluding tert-OH is 2. The summed E-state index contributed by atoms with van der Waals surface area (Å²) >= 11 is 25.3. The number of aromatic nitrogens is 3. The molecule has 0 saturated carbocycles. The number of nitrogens with one attached hydrogen (secondary N) is 1. The highest BCUT2D eigenvalue weighted by Crippen LogP contribution is 2.38. The third-order valence-electron chi connectivity index (χ3n) is 8.29. The van der Waals surface area contributed by atoms with Gasteiger partial charge in [-0.05, 0) is 67.4 Å². The van der Waals surface area contributed by atoms with E-state index in [0.29, 0.717) is 46.3 Å². The number of rotatable bonds is 21. The van der Waals surface area contributed by atoms with Crippen LogP contribution in [0, 0.1) is 0 Å². The van der Waals surface area contributed by atoms with E-state index >= 15 is 0 Å². The van der Waals surface area contributed by atoms with Gasteiger partial charge in [-0.2, -0.15) is 37.0 Å². The Morgan fingerprint density at radius 1 is 0.677 bits per heavy atom. The van der Waals surface area contributed by atoms with Gasteiger partial charge in [0.1, 0.15) is 39.4 Å². The molecule has 0 aliphatic rings. The van der Waals surface area contributed by atoms with Crippen molar-refractivity contribution in [1.82, 2.24) is 15.0 Å². The number of ether oxygens (including phenoxy) is 2. The number of hydrogen-bond donors (Lipinski definition) is 5. The fraction of sp³-hybridized carbons (Fsp3) is 0.289. The molecule has 5 rings (SSSR count). The van der Waals surface area contributed by atoms with Crippen LogP contribution < -0.4 is 14.8 Å². The first kappa shape index (κ1) is 48.4. The van der Waals surface area contributed by atoms with Crippen LogP contribution in [-0.2, 0) is 33.1 Å². The Kier molecular flexibility index (Phi) is 17.3. The highest BCUT2D eigenvalue weighted by Gasteiger charge is 2.20. The lowest BCUT2D eigenvalue weighted by molar-refractivity contribution is 0.203. The Hall–Kier alpha value is -4.61. The maximum absolute atomic E-state index is 11.8. The van der Waals surface area contributed by atoms with Crippen molar-refractivity contribution >= 4 is 95.3 Å². The molecule has 1 aromatic heterocycles. The predicted octanol–water partition coefficient (Wildman–Crippen LogP) is 8.95. The fourth-order valence-electron chi connectivity index (χ4n) is 5.35. The normalized spacial score (nSPS) is 12.2. The number of hydrogen-bond acceptors (Lipinski definition) is 16. The van der Waals surface area contributed by atoms with Gasteiger partial charge in [-0.3, -0.25) is 9.11 Å². The zero-order valence-corrected chi connectivity index (χ0v) is 37.1. The summed E-state index contributed by atoms with van der Waals surface area (Å²) in [4.78, 5) is 13.2. The number of benzene rings is 4. The molecule has 4 aromatic carbocycles. The van der Waals surface area contributed by atoms with Crippen LogP contribution >= 0.6 is 46.4 Å². The highest BCUT2D eigenvalue weighted by atomic mass is 35.5. The van der Waals surface area contributed by atoms with Crippen LogP contribution in [0.2, 0.25) is 20.1 Å². The highest BCUT2D eigenvalue weighted by molar-refractivity contribution is 7.86. The van der Waals surface area contributed by atoms with Crippen molar-refractivity contribution in [3.63, 3.8) is 0 Å². The molecular weight excluding hydrogens is 934 g/mol. The second kappa shape index (κ2) is 22.1. The van der Waals surface area contributed by atoms with Crippen LogP contribution in [-0.4, -0.2) is 89.3 Å². The van der Waals surface area contributed by atoms with Crippen LogP contribution in [0.4, 0.5) is 28.7 Å². The van der Waals surface area contributed by atoms with E-state index in [2.05, 4.69) is 35.7 Å². The minimum absolute atomic E-state index is 0.00103. The van der Waals surface area contributed by atoms with E-state index in [9.17, 15) is 36.2 Å². The van der Waals surface area contributed by atoms with Crippen LogP contribution in [0.3, 0.4) is 0 Å². The second-order valence-electron chi connectivity index (χ2n) is 13.2. The lowest BCUT2D eigenvalue weighted by Gasteiger charge is -2.17. The van der Waals surface area contributed by atoms with Crippen molar-refractivity contribution in [3.05, 3.63) is 110 Å². The van der Waals surface area contributed by atoms with Gasteiger partial charge in [-0.15, -0.1) is 10.2 Å². The summed E-state index contributed by atoms with van der Waals surface area (Å²) in [5, 5.41) is 39.9. The summed E-state index contributed by atoms with van der Waals surface area (Å²) in [6.45, 7) is 1.22. The van der Waals surface area contributed by atoms with Gasteiger partial charge in [-0.25, -0.2) is 4.98 Å². The van der Waals surface area contributed by atoms with Crippen molar-refractivity contribution in [2.45, 2.75) is 43.5 Å². The van der Waals surface area contributed by atoms with Crippen LogP contribution in [0.1, 0.15) is 42.5 Å². The molecule has 5 aromatic rings. The third-order valence-corrected chi connectivity index (χ3v) is 11.3. The van der Waals surface area contributed by atoms with Crippen molar-refractivity contribution in [2.24, 2.45) is 20.5 Å². The number of nitrogens with zero attached hydrogens (tertiary/aromatic N) is 7. The van der Waals surface area contributed by atoms with E-state index in [-0.39, 0.29) is 75.7 Å². The van der Waals surface area contributed by atoms with Gasteiger partial charge in [0, 0.05) is 41.1 Å². The van der Waals surface area contributed by atoms with Crippen molar-refractivity contribution in [1.29, 1.82) is 0 Å². The number of halogens is 4. The van der Waals surface area contributed by atoms with Gasteiger partial charge in [0.05, 0.1) is 64.7 Å². The molecule has 0 unspecified atom stereocenters. The Labute approximate surface area is 376 Å². The first-order valence-corrected chi connectivity index (χ1v) is 22.9. The Morgan fingerprint density at radius 2 is 1.21 bits per heavy atom. The Bertz CT molecular complexity index is 2660. The van der Waals surface area contributed by atoms with E-state index in [1.165, 1.54) is 24.3 Å². The van der Waals surface area contributed by atoms with Gasteiger partial charge in [-0.1, -0.05) is 53.3 Å². The quantitative estimate of drug-likeness (QED) is 0.0261. The summed E-state index contributed by atoms with van der Waals surface area (Å²) in [6.07, 6.45) is 0.581. The van der Waals surface area contributed by atoms with Crippen molar-refractivity contribution in [2.75, 3.05) is 37.5 Å². The summed E-state index contributed by atoms with van der Waals surface area (Å²) in [7, 11) is -8.97. The number of aliphatic hydroxyl groups is 2. The van der Waals surface area contributed by atoms with Crippen molar-refractivity contribution in [3.8, 4) is 11.5 Å². The molecule has 0 aliphatic heterocycles. The number of anilines is 1. The molecule has 5 N–H and O–H groups in total. The molecule has 0 spiro atoms. The molecule has 24 heteroatoms. The molecule has 0 bridgehead atoms. The van der Waals surface area contributed by atoms with Gasteiger partial charge in [0.15, 0.2) is 0 Å². The SMILES string of the molecule is CCCOc1cc(N=Nc2ccc(Cl)cc2)c(Cl)cc1Cc1nc(Cc2cc(Cl)c(N=Nc3ccc(Cl)c(S(=O)(=O)O)c3)cc2OCCCS(=O)(=O)O)nc(NC(CO)CO)n1. The molecular formula is C38H38Cl4N8O10S2. The average Bonchev–Trinajstić information content (AvgIpc) is 3.21. The molecule has 0 radical (unpaired) electrons. The molecule has 1 heterocycles. The topological polar surface area (TPSA) is 268 Å². The smallest absolute Gasteiger partial charge is 0.296 e. The lowest BCUT2D eigenvalue weighted by Crippen LogP contribution is -2.29. The third kappa shape index (κ3) is 14.5. The lowest BCUT2D eigenvalue weighted by atomic mass is 10.1. The molecule has 62 heavy (non-hydrogen) atoms. The fourth-order valence-corrected chi connectivity index (χ4v) is 7.40. The first-order chi connectivity index (χ1) is 29.4. The largest absolute Gasteiger partial charge is 0.493 e. The first-order valence-electron chi connectivity index (χ1n) is 18.4. The predicted molar refractivity (Wildman–Crippen MR) is 233 cm³/mol. The van der Waals surface area contributed by atoms with E-state index in [1.807, 2.05) is 6.92 Å². The molecule has 330 valence electrons. The second-order valence-corrected chi connectivity index (χ2v) is 17.8. The zero-order chi connectivity index (χ0) is 45.0. The van der Waals surface area contributed by atoms with Crippen LogP contribution in [0.5, 0.6) is 11.5 Å². The molecule has 18 nitrogen and oxygen atoms in total. The van der Waals surface area contributed by atoms with E-state index in [4.69, 9.17) is 60.9 Å². The summed E-state index contributed by atoms with van der Waals surface area (Å²) < 4.78 is 77.1. The summed E-state index contributed by atoms with van der Waals surface area (Å²) in [6, 6.07) is 15.7. The van der Waals surface area contributed by atoms with Crippen LogP contribution in [0.25, 0.3) is 0 Å². The molecule has 0 fully saturated rings. The summed E-state index contributed by atoms with van der Waals surface area (Å²) in [5.74, 6) is 0.380. The minimum atomic E-state index is -4.68. The van der Waals surface area contributed by atoms with E-state index in [0.717, 1.165) is 6.07 Å². The molecule has 0 amide bonds. The number of azo groups is 2. The van der Waals surface area contributed by atoms with Gasteiger partial charge in [0.2, 0.25) is 5.95 Å². The average molecular weight is 973 g/mol. The van der Waals surface area contributed by atoms with Crippen molar-refractivity contribution < 1.29 is 45.6 Å². The van der Waals surface area contributed by atoms with Gasteiger partial charge >= 0.3 is 0 Å². The monoisotopic (exact) mass is 970 g/mol. The maximum atomic E-state index is 11.8.